The van der Waals surface area contributed by atoms with Gasteiger partial charge >= 0.3 is 0 Å². The standard InChI is InChI=1S/C22H30N2/c1-18-6-10-20(11-7-18)22(15-5-16-23)14-3-4-17-24(22)21-12-8-19(2)9-13-21/h6-13H,3-5,14-17,23H2,1-2H3. The van der Waals surface area contributed by atoms with Crippen molar-refractivity contribution in [2.45, 2.75) is 51.5 Å². The third-order valence-electron chi connectivity index (χ3n) is 5.47. The van der Waals surface area contributed by atoms with Gasteiger partial charge in [0.25, 0.3) is 0 Å². The molecule has 2 nitrogen and oxygen atoms in total. The van der Waals surface area contributed by atoms with Gasteiger partial charge in [0.05, 0.1) is 5.54 Å². The second-order valence-corrected chi connectivity index (χ2v) is 7.23. The first-order valence-corrected chi connectivity index (χ1v) is 9.27. The molecule has 0 saturated carbocycles. The Kier molecular flexibility index (Phi) is 5.25. The van der Waals surface area contributed by atoms with E-state index in [2.05, 4.69) is 67.3 Å². The molecule has 1 aliphatic heterocycles. The van der Waals surface area contributed by atoms with Gasteiger partial charge in [0, 0.05) is 12.2 Å². The van der Waals surface area contributed by atoms with Crippen molar-refractivity contribution in [1.82, 2.24) is 0 Å². The van der Waals surface area contributed by atoms with Gasteiger partial charge in [-0.25, -0.2) is 0 Å². The summed E-state index contributed by atoms with van der Waals surface area (Å²) in [6.07, 6.45) is 5.96. The maximum absolute atomic E-state index is 5.89. The molecule has 1 unspecified atom stereocenters. The fourth-order valence-corrected chi connectivity index (χ4v) is 4.10. The van der Waals surface area contributed by atoms with Gasteiger partial charge in [-0.05, 0) is 70.2 Å². The fourth-order valence-electron chi connectivity index (χ4n) is 4.10. The Hall–Kier alpha value is -1.80. The molecule has 24 heavy (non-hydrogen) atoms. The monoisotopic (exact) mass is 322 g/mol. The first-order valence-electron chi connectivity index (χ1n) is 9.27. The number of rotatable bonds is 5. The van der Waals surface area contributed by atoms with Crippen molar-refractivity contribution in [1.29, 1.82) is 0 Å². The molecule has 0 spiro atoms. The quantitative estimate of drug-likeness (QED) is 0.846. The Morgan fingerprint density at radius 2 is 1.54 bits per heavy atom. The Balaban J connectivity index is 2.05. The third-order valence-corrected chi connectivity index (χ3v) is 5.47. The van der Waals surface area contributed by atoms with Crippen LogP contribution >= 0.6 is 0 Å². The first-order chi connectivity index (χ1) is 11.7. The van der Waals surface area contributed by atoms with Crippen LogP contribution in [-0.2, 0) is 5.54 Å². The molecule has 0 amide bonds. The maximum Gasteiger partial charge on any atom is 0.0654 e. The van der Waals surface area contributed by atoms with Crippen molar-refractivity contribution < 1.29 is 0 Å². The fraction of sp³-hybridized carbons (Fsp3) is 0.455. The molecule has 0 aromatic heterocycles. The Morgan fingerprint density at radius 3 is 2.17 bits per heavy atom. The van der Waals surface area contributed by atoms with Crippen molar-refractivity contribution in [3.63, 3.8) is 0 Å². The second-order valence-electron chi connectivity index (χ2n) is 7.23. The number of nitrogens with two attached hydrogens (primary N) is 1. The van der Waals surface area contributed by atoms with Crippen LogP contribution in [0.2, 0.25) is 0 Å². The number of hydrogen-bond donors (Lipinski definition) is 1. The van der Waals surface area contributed by atoms with Crippen LogP contribution < -0.4 is 10.6 Å². The summed E-state index contributed by atoms with van der Waals surface area (Å²) in [6, 6.07) is 18.2. The van der Waals surface area contributed by atoms with E-state index < -0.39 is 0 Å². The zero-order valence-electron chi connectivity index (χ0n) is 15.1. The molecule has 2 heteroatoms. The average molecular weight is 322 g/mol. The van der Waals surface area contributed by atoms with E-state index >= 15 is 0 Å². The maximum atomic E-state index is 5.89. The normalized spacial score (nSPS) is 21.0. The SMILES string of the molecule is Cc1ccc(N2CCCCC2(CCCN)c2ccc(C)cc2)cc1. The van der Waals surface area contributed by atoms with E-state index in [9.17, 15) is 0 Å². The Bertz CT molecular complexity index is 645. The molecule has 0 radical (unpaired) electrons. The van der Waals surface area contributed by atoms with Crippen LogP contribution in [0.25, 0.3) is 0 Å². The molecule has 2 N–H and O–H groups in total. The third kappa shape index (κ3) is 3.34. The van der Waals surface area contributed by atoms with Gasteiger partial charge in [0.15, 0.2) is 0 Å². The van der Waals surface area contributed by atoms with Gasteiger partial charge in [-0.3, -0.25) is 0 Å². The number of aryl methyl sites for hydroxylation is 2. The van der Waals surface area contributed by atoms with Crippen LogP contribution in [0.4, 0.5) is 5.69 Å². The molecule has 1 heterocycles. The summed E-state index contributed by atoms with van der Waals surface area (Å²) in [5.74, 6) is 0. The van der Waals surface area contributed by atoms with Crippen LogP contribution in [-0.4, -0.2) is 13.1 Å². The smallest absolute Gasteiger partial charge is 0.0654 e. The van der Waals surface area contributed by atoms with E-state index in [0.29, 0.717) is 0 Å². The van der Waals surface area contributed by atoms with E-state index in [0.717, 1.165) is 25.9 Å². The molecule has 1 atom stereocenters. The predicted molar refractivity (Wildman–Crippen MR) is 104 cm³/mol. The molecule has 2 aromatic rings. The number of anilines is 1. The summed E-state index contributed by atoms with van der Waals surface area (Å²) in [4.78, 5) is 2.65. The van der Waals surface area contributed by atoms with Crippen LogP contribution in [0.15, 0.2) is 48.5 Å². The van der Waals surface area contributed by atoms with Crippen LogP contribution in [0.1, 0.15) is 48.8 Å². The average Bonchev–Trinajstić information content (AvgIpc) is 2.61. The van der Waals surface area contributed by atoms with Gasteiger partial charge in [-0.15, -0.1) is 0 Å². The van der Waals surface area contributed by atoms with Crippen molar-refractivity contribution in [3.8, 4) is 0 Å². The molecular weight excluding hydrogens is 292 g/mol. The summed E-state index contributed by atoms with van der Waals surface area (Å²) < 4.78 is 0. The number of benzene rings is 2. The molecule has 0 aliphatic carbocycles. The number of hydrogen-bond acceptors (Lipinski definition) is 2. The Labute approximate surface area is 146 Å². The molecule has 0 bridgehead atoms. The highest BCUT2D eigenvalue weighted by Crippen LogP contribution is 2.44. The molecule has 1 aliphatic rings. The predicted octanol–water partition coefficient (Wildman–Crippen LogP) is 4.93. The van der Waals surface area contributed by atoms with Crippen molar-refractivity contribution in [3.05, 3.63) is 65.2 Å². The minimum atomic E-state index is 0.0839. The summed E-state index contributed by atoms with van der Waals surface area (Å²) in [5, 5.41) is 0. The topological polar surface area (TPSA) is 29.3 Å². The van der Waals surface area contributed by atoms with Gasteiger partial charge in [0.2, 0.25) is 0 Å². The number of piperidine rings is 1. The molecule has 1 saturated heterocycles. The van der Waals surface area contributed by atoms with E-state index in [1.54, 1.807) is 0 Å². The lowest BCUT2D eigenvalue weighted by Crippen LogP contribution is -2.50. The van der Waals surface area contributed by atoms with Crippen LogP contribution in [0, 0.1) is 13.8 Å². The highest BCUT2D eigenvalue weighted by molar-refractivity contribution is 5.53. The largest absolute Gasteiger partial charge is 0.362 e. The number of nitrogens with zero attached hydrogens (tertiary/aromatic N) is 1. The van der Waals surface area contributed by atoms with Gasteiger partial charge in [0.1, 0.15) is 0 Å². The summed E-state index contributed by atoms with van der Waals surface area (Å²) in [7, 11) is 0. The molecular formula is C22H30N2. The molecule has 2 aromatic carbocycles. The van der Waals surface area contributed by atoms with E-state index in [-0.39, 0.29) is 5.54 Å². The zero-order chi connectivity index (χ0) is 17.0. The van der Waals surface area contributed by atoms with Gasteiger partial charge < -0.3 is 10.6 Å². The summed E-state index contributed by atoms with van der Waals surface area (Å²) in [6.45, 7) is 6.20. The van der Waals surface area contributed by atoms with Crippen LogP contribution in [0.3, 0.4) is 0 Å². The summed E-state index contributed by atoms with van der Waals surface area (Å²) in [5.41, 5.74) is 11.4. The second kappa shape index (κ2) is 7.40. The van der Waals surface area contributed by atoms with Gasteiger partial charge in [-0.2, -0.15) is 0 Å². The molecule has 3 rings (SSSR count). The van der Waals surface area contributed by atoms with E-state index in [1.165, 1.54) is 41.6 Å². The zero-order valence-corrected chi connectivity index (χ0v) is 15.1. The Morgan fingerprint density at radius 1 is 0.917 bits per heavy atom. The van der Waals surface area contributed by atoms with Crippen molar-refractivity contribution >= 4 is 5.69 Å². The highest BCUT2D eigenvalue weighted by atomic mass is 15.2. The minimum Gasteiger partial charge on any atom is -0.362 e. The van der Waals surface area contributed by atoms with Gasteiger partial charge in [-0.1, -0.05) is 47.5 Å². The molecule has 1 fully saturated rings. The highest BCUT2D eigenvalue weighted by Gasteiger charge is 2.39. The van der Waals surface area contributed by atoms with Crippen molar-refractivity contribution in [2.24, 2.45) is 5.73 Å². The van der Waals surface area contributed by atoms with E-state index in [4.69, 9.17) is 5.73 Å². The van der Waals surface area contributed by atoms with Crippen LogP contribution in [0.5, 0.6) is 0 Å². The molecule has 128 valence electrons. The first kappa shape index (κ1) is 17.0. The lowest BCUT2D eigenvalue weighted by Gasteiger charge is -2.49. The minimum absolute atomic E-state index is 0.0839. The lowest BCUT2D eigenvalue weighted by atomic mass is 9.76. The van der Waals surface area contributed by atoms with Crippen molar-refractivity contribution in [2.75, 3.05) is 18.0 Å². The lowest BCUT2D eigenvalue weighted by molar-refractivity contribution is 0.288. The summed E-state index contributed by atoms with van der Waals surface area (Å²) >= 11 is 0. The van der Waals surface area contributed by atoms with E-state index in [1.807, 2.05) is 0 Å².